The van der Waals surface area contributed by atoms with Crippen LogP contribution in [0.15, 0.2) is 67.1 Å². The van der Waals surface area contributed by atoms with Crippen LogP contribution in [0, 0.1) is 0 Å². The zero-order chi connectivity index (χ0) is 19.8. The molecule has 2 heterocycles. The summed E-state index contributed by atoms with van der Waals surface area (Å²) in [5.41, 5.74) is 4.22. The third-order valence-electron chi connectivity index (χ3n) is 4.44. The Morgan fingerprint density at radius 1 is 1.00 bits per heavy atom. The summed E-state index contributed by atoms with van der Waals surface area (Å²) >= 11 is 0. The van der Waals surface area contributed by atoms with E-state index in [0.29, 0.717) is 12.1 Å². The molecule has 28 heavy (non-hydrogen) atoms. The Morgan fingerprint density at radius 3 is 2.46 bits per heavy atom. The summed E-state index contributed by atoms with van der Waals surface area (Å²) in [4.78, 5) is 23.1. The fraction of sp³-hybridized carbons (Fsp3) is 0.227. The van der Waals surface area contributed by atoms with Crippen LogP contribution >= 0.6 is 0 Å². The molecule has 0 spiro atoms. The van der Waals surface area contributed by atoms with E-state index < -0.39 is 0 Å². The van der Waals surface area contributed by atoms with Gasteiger partial charge in [0, 0.05) is 36.9 Å². The Bertz CT molecular complexity index is 892. The summed E-state index contributed by atoms with van der Waals surface area (Å²) in [6.07, 6.45) is 4.97. The number of carbonyl (C=O) groups is 1. The maximum Gasteiger partial charge on any atom is 0.253 e. The molecule has 6 nitrogen and oxygen atoms in total. The SMILES string of the molecule is CCN(CC)c1ccc(Nc2cncc(C(=O)NCc3ccccn3)c2)cc1. The first-order chi connectivity index (χ1) is 13.7. The number of carbonyl (C=O) groups excluding carboxylic acids is 1. The molecule has 6 heteroatoms. The molecular weight excluding hydrogens is 350 g/mol. The molecule has 1 amide bonds. The molecule has 0 aliphatic carbocycles. The molecule has 3 rings (SSSR count). The molecule has 2 aromatic heterocycles. The molecule has 0 aliphatic heterocycles. The van der Waals surface area contributed by atoms with Crippen molar-refractivity contribution in [2.24, 2.45) is 0 Å². The molecule has 0 atom stereocenters. The van der Waals surface area contributed by atoms with E-state index >= 15 is 0 Å². The summed E-state index contributed by atoms with van der Waals surface area (Å²) in [5, 5.41) is 6.17. The maximum absolute atomic E-state index is 12.4. The predicted octanol–water partition coefficient (Wildman–Crippen LogP) is 4.00. The number of benzene rings is 1. The predicted molar refractivity (Wildman–Crippen MR) is 113 cm³/mol. The van der Waals surface area contributed by atoms with Crippen molar-refractivity contribution in [1.29, 1.82) is 0 Å². The first kappa shape index (κ1) is 19.4. The monoisotopic (exact) mass is 375 g/mol. The van der Waals surface area contributed by atoms with Crippen molar-refractivity contribution in [3.63, 3.8) is 0 Å². The lowest BCUT2D eigenvalue weighted by Crippen LogP contribution is -2.23. The fourth-order valence-corrected chi connectivity index (χ4v) is 2.92. The van der Waals surface area contributed by atoms with E-state index in [1.54, 1.807) is 24.7 Å². The third kappa shape index (κ3) is 5.07. The summed E-state index contributed by atoms with van der Waals surface area (Å²) in [5.74, 6) is -0.182. The van der Waals surface area contributed by atoms with Crippen molar-refractivity contribution in [2.45, 2.75) is 20.4 Å². The minimum atomic E-state index is -0.182. The Hall–Kier alpha value is -3.41. The molecule has 0 saturated carbocycles. The number of aromatic nitrogens is 2. The van der Waals surface area contributed by atoms with Crippen LogP contribution in [0.4, 0.5) is 17.1 Å². The van der Waals surface area contributed by atoms with Crippen LogP contribution < -0.4 is 15.5 Å². The lowest BCUT2D eigenvalue weighted by Gasteiger charge is -2.21. The van der Waals surface area contributed by atoms with Gasteiger partial charge in [-0.25, -0.2) is 0 Å². The zero-order valence-corrected chi connectivity index (χ0v) is 16.2. The summed E-state index contributed by atoms with van der Waals surface area (Å²) in [6.45, 7) is 6.62. The topological polar surface area (TPSA) is 70.2 Å². The van der Waals surface area contributed by atoms with Gasteiger partial charge in [-0.15, -0.1) is 0 Å². The van der Waals surface area contributed by atoms with Crippen molar-refractivity contribution in [3.05, 3.63) is 78.4 Å². The number of hydrogen-bond donors (Lipinski definition) is 2. The average molecular weight is 375 g/mol. The minimum absolute atomic E-state index is 0.182. The summed E-state index contributed by atoms with van der Waals surface area (Å²) in [6, 6.07) is 15.6. The molecule has 0 aliphatic rings. The van der Waals surface area contributed by atoms with E-state index in [4.69, 9.17) is 0 Å². The van der Waals surface area contributed by atoms with Gasteiger partial charge in [-0.05, 0) is 56.3 Å². The smallest absolute Gasteiger partial charge is 0.253 e. The number of nitrogens with zero attached hydrogens (tertiary/aromatic N) is 3. The maximum atomic E-state index is 12.4. The van der Waals surface area contributed by atoms with Gasteiger partial charge in [0.05, 0.1) is 29.7 Å². The Kier molecular flexibility index (Phi) is 6.57. The van der Waals surface area contributed by atoms with Crippen LogP contribution in [0.1, 0.15) is 29.9 Å². The van der Waals surface area contributed by atoms with E-state index in [1.807, 2.05) is 30.3 Å². The van der Waals surface area contributed by atoms with Gasteiger partial charge in [-0.3, -0.25) is 14.8 Å². The van der Waals surface area contributed by atoms with Crippen LogP contribution in [0.3, 0.4) is 0 Å². The van der Waals surface area contributed by atoms with Crippen LogP contribution in [-0.4, -0.2) is 29.0 Å². The van der Waals surface area contributed by atoms with Crippen LogP contribution in [-0.2, 0) is 6.54 Å². The lowest BCUT2D eigenvalue weighted by atomic mass is 10.2. The first-order valence-corrected chi connectivity index (χ1v) is 9.44. The van der Waals surface area contributed by atoms with Gasteiger partial charge in [-0.2, -0.15) is 0 Å². The molecule has 0 fully saturated rings. The van der Waals surface area contributed by atoms with Crippen molar-refractivity contribution in [1.82, 2.24) is 15.3 Å². The van der Waals surface area contributed by atoms with Crippen molar-refractivity contribution >= 4 is 23.0 Å². The molecule has 0 radical (unpaired) electrons. The van der Waals surface area contributed by atoms with Gasteiger partial charge < -0.3 is 15.5 Å². The Morgan fingerprint density at radius 2 is 1.79 bits per heavy atom. The highest BCUT2D eigenvalue weighted by molar-refractivity contribution is 5.94. The van der Waals surface area contributed by atoms with E-state index in [1.165, 1.54) is 5.69 Å². The van der Waals surface area contributed by atoms with Gasteiger partial charge >= 0.3 is 0 Å². The second-order valence-corrected chi connectivity index (χ2v) is 6.31. The van der Waals surface area contributed by atoms with E-state index in [9.17, 15) is 4.79 Å². The number of rotatable bonds is 8. The minimum Gasteiger partial charge on any atom is -0.372 e. The standard InChI is InChI=1S/C22H25N5O/c1-3-27(4-2)21-10-8-18(9-11-21)26-20-13-17(14-23-15-20)22(28)25-16-19-7-5-6-12-24-19/h5-15,26H,3-4,16H2,1-2H3,(H,25,28). The Labute approximate surface area is 165 Å². The van der Waals surface area contributed by atoms with Gasteiger partial charge in [0.25, 0.3) is 5.91 Å². The van der Waals surface area contributed by atoms with Crippen molar-refractivity contribution < 1.29 is 4.79 Å². The quantitative estimate of drug-likeness (QED) is 0.623. The number of hydrogen-bond acceptors (Lipinski definition) is 5. The number of pyridine rings is 2. The number of nitrogens with one attached hydrogen (secondary N) is 2. The summed E-state index contributed by atoms with van der Waals surface area (Å²) < 4.78 is 0. The lowest BCUT2D eigenvalue weighted by molar-refractivity contribution is 0.0950. The normalized spacial score (nSPS) is 10.4. The highest BCUT2D eigenvalue weighted by Crippen LogP contribution is 2.21. The largest absolute Gasteiger partial charge is 0.372 e. The molecule has 0 unspecified atom stereocenters. The van der Waals surface area contributed by atoms with Gasteiger partial charge in [0.2, 0.25) is 0 Å². The molecular formula is C22H25N5O. The molecule has 1 aromatic carbocycles. The van der Waals surface area contributed by atoms with Gasteiger partial charge in [0.1, 0.15) is 0 Å². The van der Waals surface area contributed by atoms with Crippen LogP contribution in [0.5, 0.6) is 0 Å². The molecule has 0 bridgehead atoms. The second kappa shape index (κ2) is 9.50. The third-order valence-corrected chi connectivity index (χ3v) is 4.44. The van der Waals surface area contributed by atoms with Crippen LogP contribution in [0.25, 0.3) is 0 Å². The second-order valence-electron chi connectivity index (χ2n) is 6.31. The van der Waals surface area contributed by atoms with E-state index in [-0.39, 0.29) is 5.91 Å². The van der Waals surface area contributed by atoms with Crippen molar-refractivity contribution in [3.8, 4) is 0 Å². The van der Waals surface area contributed by atoms with Crippen LogP contribution in [0.2, 0.25) is 0 Å². The Balaban J connectivity index is 1.63. The van der Waals surface area contributed by atoms with Gasteiger partial charge in [0.15, 0.2) is 0 Å². The molecule has 0 saturated heterocycles. The average Bonchev–Trinajstić information content (AvgIpc) is 2.75. The molecule has 3 aromatic rings. The summed E-state index contributed by atoms with van der Waals surface area (Å²) in [7, 11) is 0. The first-order valence-electron chi connectivity index (χ1n) is 9.44. The highest BCUT2D eigenvalue weighted by Gasteiger charge is 2.08. The number of anilines is 3. The number of amides is 1. The molecule has 144 valence electrons. The van der Waals surface area contributed by atoms with E-state index in [2.05, 4.69) is 51.5 Å². The van der Waals surface area contributed by atoms with E-state index in [0.717, 1.165) is 30.2 Å². The highest BCUT2D eigenvalue weighted by atomic mass is 16.1. The molecule has 2 N–H and O–H groups in total. The van der Waals surface area contributed by atoms with Crippen molar-refractivity contribution in [2.75, 3.05) is 23.3 Å². The zero-order valence-electron chi connectivity index (χ0n) is 16.2. The van der Waals surface area contributed by atoms with Gasteiger partial charge in [-0.1, -0.05) is 6.07 Å². The fourth-order valence-electron chi connectivity index (χ4n) is 2.92.